The van der Waals surface area contributed by atoms with Crippen molar-refractivity contribution in [2.45, 2.75) is 26.0 Å². The Morgan fingerprint density at radius 3 is 2.69 bits per heavy atom. The van der Waals surface area contributed by atoms with Crippen LogP contribution in [0.1, 0.15) is 31.1 Å². The highest BCUT2D eigenvalue weighted by molar-refractivity contribution is 7.99. The van der Waals surface area contributed by atoms with Gasteiger partial charge in [-0.05, 0) is 24.3 Å². The van der Waals surface area contributed by atoms with Gasteiger partial charge in [-0.1, -0.05) is 26.0 Å². The van der Waals surface area contributed by atoms with Crippen molar-refractivity contribution in [1.82, 2.24) is 0 Å². The van der Waals surface area contributed by atoms with Crippen molar-refractivity contribution in [3.05, 3.63) is 29.8 Å². The molecule has 0 aliphatic heterocycles. The van der Waals surface area contributed by atoms with Crippen LogP contribution in [0.2, 0.25) is 0 Å². The van der Waals surface area contributed by atoms with Crippen LogP contribution in [0.4, 0.5) is 0 Å². The van der Waals surface area contributed by atoms with Gasteiger partial charge in [0.1, 0.15) is 5.75 Å². The normalized spacial score (nSPS) is 10.5. The molecule has 1 aromatic rings. The molecular weight excluding hydrogens is 220 g/mol. The smallest absolute Gasteiger partial charge is 0.163 e. The molecule has 0 unspecified atom stereocenters. The van der Waals surface area contributed by atoms with E-state index in [0.29, 0.717) is 23.2 Å². The van der Waals surface area contributed by atoms with Gasteiger partial charge >= 0.3 is 0 Å². The maximum absolute atomic E-state index is 11.3. The molecule has 16 heavy (non-hydrogen) atoms. The first-order valence-corrected chi connectivity index (χ1v) is 6.50. The van der Waals surface area contributed by atoms with Gasteiger partial charge in [0.2, 0.25) is 0 Å². The summed E-state index contributed by atoms with van der Waals surface area (Å²) in [5.74, 6) is 1.69. The Bertz CT molecular complexity index is 348. The average Bonchev–Trinajstić information content (AvgIpc) is 2.24. The van der Waals surface area contributed by atoms with E-state index in [0.717, 1.165) is 5.75 Å². The molecule has 0 spiro atoms. The maximum atomic E-state index is 11.3. The van der Waals surface area contributed by atoms with Crippen molar-refractivity contribution in [2.24, 2.45) is 0 Å². The summed E-state index contributed by atoms with van der Waals surface area (Å²) < 4.78 is 5.61. The molecule has 0 bridgehead atoms. The summed E-state index contributed by atoms with van der Waals surface area (Å²) >= 11 is 1.85. The van der Waals surface area contributed by atoms with Gasteiger partial charge in [-0.2, -0.15) is 11.8 Å². The fourth-order valence-corrected chi connectivity index (χ4v) is 1.97. The third kappa shape index (κ3) is 4.27. The fraction of sp³-hybridized carbons (Fsp3) is 0.462. The molecule has 0 aliphatic carbocycles. The number of benzene rings is 1. The molecule has 0 saturated heterocycles. The van der Waals surface area contributed by atoms with E-state index in [1.807, 2.05) is 30.0 Å². The van der Waals surface area contributed by atoms with Crippen molar-refractivity contribution >= 4 is 17.5 Å². The molecule has 0 heterocycles. The van der Waals surface area contributed by atoms with E-state index in [4.69, 9.17) is 4.74 Å². The number of hydrogen-bond acceptors (Lipinski definition) is 3. The van der Waals surface area contributed by atoms with Crippen molar-refractivity contribution in [1.29, 1.82) is 0 Å². The van der Waals surface area contributed by atoms with Gasteiger partial charge in [0.05, 0.1) is 12.2 Å². The van der Waals surface area contributed by atoms with Crippen LogP contribution in [-0.4, -0.2) is 23.4 Å². The Kier molecular flexibility index (Phi) is 5.39. The van der Waals surface area contributed by atoms with Crippen molar-refractivity contribution < 1.29 is 9.53 Å². The number of Topliss-reactive ketones (excluding diaryl/α,β-unsaturated/α-hetero) is 1. The van der Waals surface area contributed by atoms with E-state index in [1.165, 1.54) is 0 Å². The van der Waals surface area contributed by atoms with E-state index in [-0.39, 0.29) is 5.78 Å². The quantitative estimate of drug-likeness (QED) is 0.561. The third-order valence-corrected chi connectivity index (χ3v) is 3.13. The molecule has 0 aromatic heterocycles. The topological polar surface area (TPSA) is 26.3 Å². The zero-order valence-corrected chi connectivity index (χ0v) is 10.8. The first kappa shape index (κ1) is 13.1. The number of ketones is 1. The molecular formula is C13H18O2S. The number of rotatable bonds is 6. The van der Waals surface area contributed by atoms with Crippen LogP contribution < -0.4 is 4.74 Å². The predicted molar refractivity (Wildman–Crippen MR) is 69.5 cm³/mol. The van der Waals surface area contributed by atoms with E-state index < -0.39 is 0 Å². The molecule has 88 valence electrons. The SMILES string of the molecule is CC(=O)c1ccccc1OCCSC(C)C. The van der Waals surface area contributed by atoms with Gasteiger partial charge in [-0.3, -0.25) is 4.79 Å². The van der Waals surface area contributed by atoms with Crippen molar-refractivity contribution in [3.63, 3.8) is 0 Å². The Morgan fingerprint density at radius 1 is 1.38 bits per heavy atom. The lowest BCUT2D eigenvalue weighted by Crippen LogP contribution is -2.05. The summed E-state index contributed by atoms with van der Waals surface area (Å²) in [7, 11) is 0. The minimum Gasteiger partial charge on any atom is -0.492 e. The lowest BCUT2D eigenvalue weighted by molar-refractivity contribution is 0.101. The van der Waals surface area contributed by atoms with Crippen LogP contribution >= 0.6 is 11.8 Å². The number of thioether (sulfide) groups is 1. The summed E-state index contributed by atoms with van der Waals surface area (Å²) in [6.45, 7) is 6.53. The van der Waals surface area contributed by atoms with Crippen molar-refractivity contribution in [3.8, 4) is 5.75 Å². The summed E-state index contributed by atoms with van der Waals surface area (Å²) in [4.78, 5) is 11.3. The summed E-state index contributed by atoms with van der Waals surface area (Å²) in [6, 6.07) is 7.38. The zero-order chi connectivity index (χ0) is 12.0. The van der Waals surface area contributed by atoms with E-state index in [2.05, 4.69) is 13.8 Å². The summed E-state index contributed by atoms with van der Waals surface area (Å²) in [6.07, 6.45) is 0. The monoisotopic (exact) mass is 238 g/mol. The number of carbonyl (C=O) groups excluding carboxylic acids is 1. The summed E-state index contributed by atoms with van der Waals surface area (Å²) in [5.41, 5.74) is 0.664. The van der Waals surface area contributed by atoms with E-state index in [9.17, 15) is 4.79 Å². The van der Waals surface area contributed by atoms with Crippen LogP contribution in [0.15, 0.2) is 24.3 Å². The first-order valence-electron chi connectivity index (χ1n) is 5.45. The molecule has 0 aliphatic rings. The van der Waals surface area contributed by atoms with Crippen LogP contribution in [0.25, 0.3) is 0 Å². The highest BCUT2D eigenvalue weighted by atomic mass is 32.2. The van der Waals surface area contributed by atoms with Crippen molar-refractivity contribution in [2.75, 3.05) is 12.4 Å². The lowest BCUT2D eigenvalue weighted by Gasteiger charge is -2.10. The van der Waals surface area contributed by atoms with Crippen LogP contribution in [0.3, 0.4) is 0 Å². The Balaban J connectivity index is 2.50. The largest absolute Gasteiger partial charge is 0.492 e. The molecule has 1 aromatic carbocycles. The standard InChI is InChI=1S/C13H18O2S/c1-10(2)16-9-8-15-13-7-5-4-6-12(13)11(3)14/h4-7,10H,8-9H2,1-3H3. The van der Waals surface area contributed by atoms with Crippen LogP contribution in [-0.2, 0) is 0 Å². The molecule has 1 rings (SSSR count). The van der Waals surface area contributed by atoms with Gasteiger partial charge in [0, 0.05) is 5.75 Å². The first-order chi connectivity index (χ1) is 7.61. The molecule has 3 heteroatoms. The molecule has 0 amide bonds. The number of ether oxygens (including phenoxy) is 1. The Hall–Kier alpha value is -0.960. The van der Waals surface area contributed by atoms with Crippen LogP contribution in [0.5, 0.6) is 5.75 Å². The molecule has 0 saturated carbocycles. The second-order valence-corrected chi connectivity index (χ2v) is 5.50. The minimum absolute atomic E-state index is 0.0483. The molecule has 2 nitrogen and oxygen atoms in total. The van der Waals surface area contributed by atoms with Gasteiger partial charge in [0.15, 0.2) is 5.78 Å². The highest BCUT2D eigenvalue weighted by Crippen LogP contribution is 2.19. The number of para-hydroxylation sites is 1. The molecule has 0 atom stereocenters. The Labute approximate surface area is 101 Å². The maximum Gasteiger partial charge on any atom is 0.163 e. The molecule has 0 radical (unpaired) electrons. The fourth-order valence-electron chi connectivity index (χ4n) is 1.32. The van der Waals surface area contributed by atoms with Gasteiger partial charge in [-0.15, -0.1) is 0 Å². The number of hydrogen-bond donors (Lipinski definition) is 0. The second-order valence-electron chi connectivity index (χ2n) is 3.82. The van der Waals surface area contributed by atoms with E-state index >= 15 is 0 Å². The molecule has 0 fully saturated rings. The van der Waals surface area contributed by atoms with E-state index in [1.54, 1.807) is 13.0 Å². The number of carbonyl (C=O) groups is 1. The van der Waals surface area contributed by atoms with Crippen LogP contribution in [0, 0.1) is 0 Å². The highest BCUT2D eigenvalue weighted by Gasteiger charge is 2.06. The minimum atomic E-state index is 0.0483. The third-order valence-electron chi connectivity index (χ3n) is 2.06. The Morgan fingerprint density at radius 2 is 2.06 bits per heavy atom. The van der Waals surface area contributed by atoms with Gasteiger partial charge in [-0.25, -0.2) is 0 Å². The summed E-state index contributed by atoms with van der Waals surface area (Å²) in [5, 5.41) is 0.617. The molecule has 0 N–H and O–H groups in total. The lowest BCUT2D eigenvalue weighted by atomic mass is 10.1. The zero-order valence-electron chi connectivity index (χ0n) is 10.0. The van der Waals surface area contributed by atoms with Gasteiger partial charge < -0.3 is 4.74 Å². The second kappa shape index (κ2) is 6.59. The van der Waals surface area contributed by atoms with Gasteiger partial charge in [0.25, 0.3) is 0 Å². The predicted octanol–water partition coefficient (Wildman–Crippen LogP) is 3.41. The average molecular weight is 238 g/mol.